The lowest BCUT2D eigenvalue weighted by molar-refractivity contribution is 0.102. The lowest BCUT2D eigenvalue weighted by atomic mass is 10.1. The van der Waals surface area contributed by atoms with Gasteiger partial charge in [-0.1, -0.05) is 0 Å². The maximum Gasteiger partial charge on any atom is 0.257 e. The number of nitrogens with zero attached hydrogens (tertiary/aromatic N) is 4. The summed E-state index contributed by atoms with van der Waals surface area (Å²) >= 11 is 0. The molecular weight excluding hydrogens is 392 g/mol. The van der Waals surface area contributed by atoms with Crippen molar-refractivity contribution in [3.8, 4) is 16.9 Å². The smallest absolute Gasteiger partial charge is 0.257 e. The summed E-state index contributed by atoms with van der Waals surface area (Å²) in [6.07, 6.45) is 3.71. The number of amides is 1. The molecule has 0 atom stereocenters. The Balaban J connectivity index is 1.63. The number of nitrogens with one attached hydrogen (secondary N) is 2. The SMILES string of the molecule is CCN(CC)c1ccc(C(=O)Nc2nc3c(-c4cnn(C)c4)ccc(OC)c3[nH]2)cc1. The number of methoxy groups -OCH3 is 1. The Bertz CT molecular complexity index is 1200. The Morgan fingerprint density at radius 2 is 1.90 bits per heavy atom. The summed E-state index contributed by atoms with van der Waals surface area (Å²) in [6, 6.07) is 11.4. The quantitative estimate of drug-likeness (QED) is 0.472. The zero-order valence-corrected chi connectivity index (χ0v) is 18.1. The molecule has 4 rings (SSSR count). The molecule has 0 aliphatic rings. The second-order valence-corrected chi connectivity index (χ2v) is 7.20. The molecule has 31 heavy (non-hydrogen) atoms. The minimum atomic E-state index is -0.230. The Kier molecular flexibility index (Phi) is 5.62. The van der Waals surface area contributed by atoms with Gasteiger partial charge >= 0.3 is 0 Å². The van der Waals surface area contributed by atoms with Gasteiger partial charge in [0.25, 0.3) is 5.91 Å². The topological polar surface area (TPSA) is 88.1 Å². The predicted octanol–water partition coefficient (Wildman–Crippen LogP) is 4.07. The van der Waals surface area contributed by atoms with E-state index < -0.39 is 0 Å². The molecule has 2 aromatic carbocycles. The van der Waals surface area contributed by atoms with Crippen LogP contribution in [-0.4, -0.2) is 45.9 Å². The third-order valence-electron chi connectivity index (χ3n) is 5.33. The van der Waals surface area contributed by atoms with E-state index in [9.17, 15) is 4.79 Å². The molecule has 4 aromatic rings. The minimum Gasteiger partial charge on any atom is -0.494 e. The highest BCUT2D eigenvalue weighted by atomic mass is 16.5. The van der Waals surface area contributed by atoms with E-state index in [2.05, 4.69) is 39.1 Å². The number of anilines is 2. The number of ether oxygens (including phenoxy) is 1. The third kappa shape index (κ3) is 3.96. The molecule has 2 heterocycles. The van der Waals surface area contributed by atoms with Crippen molar-refractivity contribution in [2.45, 2.75) is 13.8 Å². The van der Waals surface area contributed by atoms with Crippen LogP contribution in [0.1, 0.15) is 24.2 Å². The van der Waals surface area contributed by atoms with Gasteiger partial charge in [0.05, 0.1) is 13.3 Å². The van der Waals surface area contributed by atoms with Crippen molar-refractivity contribution < 1.29 is 9.53 Å². The fourth-order valence-corrected chi connectivity index (χ4v) is 3.68. The number of aromatic nitrogens is 4. The predicted molar refractivity (Wildman–Crippen MR) is 123 cm³/mol. The molecule has 160 valence electrons. The maximum atomic E-state index is 12.8. The molecule has 0 aliphatic heterocycles. The highest BCUT2D eigenvalue weighted by molar-refractivity contribution is 6.05. The van der Waals surface area contributed by atoms with Gasteiger partial charge in [0.1, 0.15) is 16.8 Å². The molecule has 0 aliphatic carbocycles. The van der Waals surface area contributed by atoms with Crippen LogP contribution in [0.15, 0.2) is 48.8 Å². The summed E-state index contributed by atoms with van der Waals surface area (Å²) < 4.78 is 7.21. The molecule has 8 nitrogen and oxygen atoms in total. The fraction of sp³-hybridized carbons (Fsp3) is 0.261. The number of carbonyl (C=O) groups is 1. The van der Waals surface area contributed by atoms with Crippen LogP contribution in [-0.2, 0) is 7.05 Å². The minimum absolute atomic E-state index is 0.230. The monoisotopic (exact) mass is 418 g/mol. The zero-order chi connectivity index (χ0) is 22.0. The van der Waals surface area contributed by atoms with Crippen molar-refractivity contribution in [1.82, 2.24) is 19.7 Å². The summed E-state index contributed by atoms with van der Waals surface area (Å²) in [4.78, 5) is 22.8. The number of aryl methyl sites for hydroxylation is 1. The van der Waals surface area contributed by atoms with E-state index in [1.165, 1.54) is 0 Å². The van der Waals surface area contributed by atoms with E-state index in [0.717, 1.165) is 35.4 Å². The van der Waals surface area contributed by atoms with E-state index in [0.29, 0.717) is 22.8 Å². The van der Waals surface area contributed by atoms with Gasteiger partial charge in [0.2, 0.25) is 5.95 Å². The van der Waals surface area contributed by atoms with Crippen molar-refractivity contribution >= 4 is 28.6 Å². The summed E-state index contributed by atoms with van der Waals surface area (Å²) in [6.45, 7) is 6.06. The van der Waals surface area contributed by atoms with Gasteiger partial charge < -0.3 is 14.6 Å². The molecule has 0 saturated carbocycles. The van der Waals surface area contributed by atoms with Gasteiger partial charge in [-0.05, 0) is 50.2 Å². The van der Waals surface area contributed by atoms with E-state index in [4.69, 9.17) is 4.74 Å². The van der Waals surface area contributed by atoms with Crippen LogP contribution in [0.5, 0.6) is 5.75 Å². The molecule has 0 spiro atoms. The fourth-order valence-electron chi connectivity index (χ4n) is 3.68. The number of rotatable bonds is 7. The molecule has 0 radical (unpaired) electrons. The Morgan fingerprint density at radius 1 is 1.16 bits per heavy atom. The number of benzene rings is 2. The van der Waals surface area contributed by atoms with Crippen LogP contribution in [0.4, 0.5) is 11.6 Å². The first kappa shape index (κ1) is 20.5. The number of aromatic amines is 1. The van der Waals surface area contributed by atoms with Gasteiger partial charge in [-0.2, -0.15) is 5.10 Å². The van der Waals surface area contributed by atoms with E-state index in [1.54, 1.807) is 18.0 Å². The van der Waals surface area contributed by atoms with Gasteiger partial charge in [-0.25, -0.2) is 4.98 Å². The average molecular weight is 419 g/mol. The van der Waals surface area contributed by atoms with Gasteiger partial charge in [-0.3, -0.25) is 14.8 Å². The second kappa shape index (κ2) is 8.51. The standard InChI is InChI=1S/C23H26N6O2/c1-5-29(6-2)17-9-7-15(8-10-17)22(30)27-23-25-20-18(16-13-24-28(3)14-16)11-12-19(31-4)21(20)26-23/h7-14H,5-6H2,1-4H3,(H2,25,26,27,30). The highest BCUT2D eigenvalue weighted by Crippen LogP contribution is 2.33. The first-order valence-corrected chi connectivity index (χ1v) is 10.3. The van der Waals surface area contributed by atoms with Gasteiger partial charge in [-0.15, -0.1) is 0 Å². The van der Waals surface area contributed by atoms with Crippen LogP contribution in [0.2, 0.25) is 0 Å². The molecule has 0 bridgehead atoms. The van der Waals surface area contributed by atoms with Crippen molar-refractivity contribution in [2.24, 2.45) is 7.05 Å². The molecule has 0 unspecified atom stereocenters. The summed E-state index contributed by atoms with van der Waals surface area (Å²) in [7, 11) is 3.47. The van der Waals surface area contributed by atoms with Crippen LogP contribution >= 0.6 is 0 Å². The molecule has 0 fully saturated rings. The van der Waals surface area contributed by atoms with Crippen LogP contribution < -0.4 is 15.0 Å². The van der Waals surface area contributed by atoms with Crippen molar-refractivity contribution in [2.75, 3.05) is 30.4 Å². The number of hydrogen-bond donors (Lipinski definition) is 2. The summed E-state index contributed by atoms with van der Waals surface area (Å²) in [5, 5.41) is 7.11. The third-order valence-corrected chi connectivity index (χ3v) is 5.33. The lowest BCUT2D eigenvalue weighted by Crippen LogP contribution is -2.21. The number of carbonyl (C=O) groups excluding carboxylic acids is 1. The number of imidazole rings is 1. The van der Waals surface area contributed by atoms with Crippen molar-refractivity contribution in [1.29, 1.82) is 0 Å². The number of fused-ring (bicyclic) bond motifs is 1. The highest BCUT2D eigenvalue weighted by Gasteiger charge is 2.16. The van der Waals surface area contributed by atoms with Crippen LogP contribution in [0.25, 0.3) is 22.2 Å². The maximum absolute atomic E-state index is 12.8. The van der Waals surface area contributed by atoms with E-state index in [1.807, 2.05) is 49.6 Å². The lowest BCUT2D eigenvalue weighted by Gasteiger charge is -2.20. The van der Waals surface area contributed by atoms with Crippen LogP contribution in [0.3, 0.4) is 0 Å². The Hall–Kier alpha value is -3.81. The number of hydrogen-bond acceptors (Lipinski definition) is 5. The molecule has 2 aromatic heterocycles. The average Bonchev–Trinajstić information content (AvgIpc) is 3.40. The van der Waals surface area contributed by atoms with Crippen molar-refractivity contribution in [3.05, 3.63) is 54.4 Å². The summed E-state index contributed by atoms with van der Waals surface area (Å²) in [5.74, 6) is 0.786. The molecule has 8 heteroatoms. The normalized spacial score (nSPS) is 11.0. The zero-order valence-electron chi connectivity index (χ0n) is 18.1. The molecule has 2 N–H and O–H groups in total. The molecule has 0 saturated heterocycles. The van der Waals surface area contributed by atoms with E-state index >= 15 is 0 Å². The first-order valence-electron chi connectivity index (χ1n) is 10.3. The van der Waals surface area contributed by atoms with Gasteiger partial charge in [0.15, 0.2) is 0 Å². The molecular formula is C23H26N6O2. The van der Waals surface area contributed by atoms with Crippen molar-refractivity contribution in [3.63, 3.8) is 0 Å². The number of H-pyrrole nitrogens is 1. The largest absolute Gasteiger partial charge is 0.494 e. The first-order chi connectivity index (χ1) is 15.0. The van der Waals surface area contributed by atoms with E-state index in [-0.39, 0.29) is 5.91 Å². The Labute approximate surface area is 180 Å². The van der Waals surface area contributed by atoms with Gasteiger partial charge in [0, 0.05) is 48.7 Å². The van der Waals surface area contributed by atoms with Crippen LogP contribution in [0, 0.1) is 0 Å². The second-order valence-electron chi connectivity index (χ2n) is 7.20. The summed E-state index contributed by atoms with van der Waals surface area (Å²) in [5.41, 5.74) is 4.93. The molecule has 1 amide bonds. The Morgan fingerprint density at radius 3 is 2.52 bits per heavy atom.